The lowest BCUT2D eigenvalue weighted by molar-refractivity contribution is -0.159. The Kier molecular flexibility index (Phi) is 4.57. The van der Waals surface area contributed by atoms with Gasteiger partial charge in [0.1, 0.15) is 0 Å². The second-order valence-electron chi connectivity index (χ2n) is 5.18. The van der Waals surface area contributed by atoms with E-state index in [-0.39, 0.29) is 31.8 Å². The fourth-order valence-corrected chi connectivity index (χ4v) is 2.61. The van der Waals surface area contributed by atoms with E-state index in [0.29, 0.717) is 0 Å². The van der Waals surface area contributed by atoms with Gasteiger partial charge < -0.3 is 15.1 Å². The van der Waals surface area contributed by atoms with Gasteiger partial charge in [-0.15, -0.1) is 0 Å². The number of benzene rings is 1. The molecule has 0 spiro atoms. The van der Waals surface area contributed by atoms with Crippen molar-refractivity contribution in [3.63, 3.8) is 0 Å². The first kappa shape index (κ1) is 15.0. The predicted octanol–water partition coefficient (Wildman–Crippen LogP) is 0.863. The van der Waals surface area contributed by atoms with Crippen LogP contribution >= 0.6 is 0 Å². The molecule has 2 N–H and O–H groups in total. The van der Waals surface area contributed by atoms with Crippen LogP contribution in [0.25, 0.3) is 0 Å². The molecule has 0 radical (unpaired) electrons. The quantitative estimate of drug-likeness (QED) is 0.858. The molecule has 6 nitrogen and oxygen atoms in total. The Hall–Kier alpha value is -2.37. The lowest BCUT2D eigenvalue weighted by Gasteiger charge is -2.34. The summed E-state index contributed by atoms with van der Waals surface area (Å²) in [4.78, 5) is 35.9. The predicted molar refractivity (Wildman–Crippen MR) is 73.6 cm³/mol. The van der Waals surface area contributed by atoms with E-state index in [9.17, 15) is 14.4 Å². The molecule has 0 saturated carbocycles. The average Bonchev–Trinajstić information content (AvgIpc) is 2.47. The molecule has 1 aliphatic heterocycles. The zero-order valence-corrected chi connectivity index (χ0v) is 11.4. The van der Waals surface area contributed by atoms with Gasteiger partial charge in [0.05, 0.1) is 18.3 Å². The highest BCUT2D eigenvalue weighted by Gasteiger charge is 2.39. The fraction of sp³-hybridized carbons (Fsp3) is 0.400. The number of carboxylic acids is 2. The summed E-state index contributed by atoms with van der Waals surface area (Å²) in [6, 6.07) is 9.18. The maximum absolute atomic E-state index is 12.2. The van der Waals surface area contributed by atoms with Gasteiger partial charge in [0.15, 0.2) is 0 Å². The minimum absolute atomic E-state index is 0.0437. The van der Waals surface area contributed by atoms with Crippen LogP contribution in [-0.4, -0.2) is 46.0 Å². The molecule has 1 saturated heterocycles. The standard InChI is InChI=1S/C15H17NO5/c17-13(8-10-4-2-1-3-5-10)16-7-6-11(14(18)19)12(9-16)15(20)21/h1-5,11-12H,6-9H2,(H,18,19)(H,20,21). The van der Waals surface area contributed by atoms with Gasteiger partial charge in [-0.1, -0.05) is 30.3 Å². The zero-order chi connectivity index (χ0) is 15.4. The van der Waals surface area contributed by atoms with Gasteiger partial charge in [-0.25, -0.2) is 0 Å². The molecule has 2 rings (SSSR count). The van der Waals surface area contributed by atoms with E-state index in [1.807, 2.05) is 30.3 Å². The van der Waals surface area contributed by atoms with Crippen molar-refractivity contribution in [1.82, 2.24) is 4.90 Å². The lowest BCUT2D eigenvalue weighted by atomic mass is 9.85. The number of carbonyl (C=O) groups excluding carboxylic acids is 1. The average molecular weight is 291 g/mol. The van der Waals surface area contributed by atoms with Crippen molar-refractivity contribution in [2.24, 2.45) is 11.8 Å². The summed E-state index contributed by atoms with van der Waals surface area (Å²) in [6.07, 6.45) is 0.373. The molecule has 2 atom stereocenters. The van der Waals surface area contributed by atoms with Gasteiger partial charge in [0, 0.05) is 13.1 Å². The topological polar surface area (TPSA) is 94.9 Å². The Morgan fingerprint density at radius 3 is 2.24 bits per heavy atom. The second-order valence-corrected chi connectivity index (χ2v) is 5.18. The third-order valence-corrected chi connectivity index (χ3v) is 3.80. The van der Waals surface area contributed by atoms with Crippen LogP contribution < -0.4 is 0 Å². The molecule has 6 heteroatoms. The second kappa shape index (κ2) is 6.39. The van der Waals surface area contributed by atoms with Crippen molar-refractivity contribution >= 4 is 17.8 Å². The smallest absolute Gasteiger partial charge is 0.309 e. The molecule has 1 amide bonds. The minimum Gasteiger partial charge on any atom is -0.481 e. The number of hydrogen-bond acceptors (Lipinski definition) is 3. The van der Waals surface area contributed by atoms with Gasteiger partial charge in [-0.05, 0) is 12.0 Å². The largest absolute Gasteiger partial charge is 0.481 e. The summed E-state index contributed by atoms with van der Waals surface area (Å²) in [7, 11) is 0. The highest BCUT2D eigenvalue weighted by molar-refractivity contribution is 5.83. The third kappa shape index (κ3) is 3.59. The van der Waals surface area contributed by atoms with Crippen molar-refractivity contribution in [1.29, 1.82) is 0 Å². The number of nitrogens with zero attached hydrogens (tertiary/aromatic N) is 1. The molecule has 0 bridgehead atoms. The Morgan fingerprint density at radius 2 is 1.67 bits per heavy atom. The number of hydrogen-bond donors (Lipinski definition) is 2. The van der Waals surface area contributed by atoms with Crippen molar-refractivity contribution in [3.8, 4) is 0 Å². The Balaban J connectivity index is 2.03. The van der Waals surface area contributed by atoms with Crippen LogP contribution in [0.5, 0.6) is 0 Å². The molecule has 1 heterocycles. The zero-order valence-electron chi connectivity index (χ0n) is 11.4. The van der Waals surface area contributed by atoms with Gasteiger partial charge >= 0.3 is 11.9 Å². The van der Waals surface area contributed by atoms with E-state index in [1.54, 1.807) is 0 Å². The lowest BCUT2D eigenvalue weighted by Crippen LogP contribution is -2.49. The summed E-state index contributed by atoms with van der Waals surface area (Å²) in [5.41, 5.74) is 0.856. The number of piperidine rings is 1. The first-order valence-corrected chi connectivity index (χ1v) is 6.76. The van der Waals surface area contributed by atoms with Crippen LogP contribution in [0, 0.1) is 11.8 Å². The number of aliphatic carboxylic acids is 2. The van der Waals surface area contributed by atoms with Crippen LogP contribution in [0.1, 0.15) is 12.0 Å². The summed E-state index contributed by atoms with van der Waals surface area (Å²) in [5.74, 6) is -4.42. The van der Waals surface area contributed by atoms with Gasteiger partial charge in [-0.3, -0.25) is 14.4 Å². The van der Waals surface area contributed by atoms with Gasteiger partial charge in [0.2, 0.25) is 5.91 Å². The Morgan fingerprint density at radius 1 is 1.05 bits per heavy atom. The maximum Gasteiger partial charge on any atom is 0.309 e. The monoisotopic (exact) mass is 291 g/mol. The summed E-state index contributed by atoms with van der Waals surface area (Å²) >= 11 is 0. The molecule has 1 aromatic carbocycles. The van der Waals surface area contributed by atoms with E-state index >= 15 is 0 Å². The number of carbonyl (C=O) groups is 3. The van der Waals surface area contributed by atoms with Crippen molar-refractivity contribution in [3.05, 3.63) is 35.9 Å². The maximum atomic E-state index is 12.2. The van der Waals surface area contributed by atoms with E-state index in [1.165, 1.54) is 4.90 Å². The van der Waals surface area contributed by atoms with E-state index in [2.05, 4.69) is 0 Å². The number of rotatable bonds is 4. The Bertz CT molecular complexity index is 542. The molecule has 21 heavy (non-hydrogen) atoms. The minimum atomic E-state index is -1.17. The molecule has 2 unspecified atom stereocenters. The molecular formula is C15H17NO5. The summed E-state index contributed by atoms with van der Waals surface area (Å²) < 4.78 is 0. The fourth-order valence-electron chi connectivity index (χ4n) is 2.61. The number of likely N-dealkylation sites (tertiary alicyclic amines) is 1. The Labute approximate surface area is 122 Å². The van der Waals surface area contributed by atoms with E-state index in [0.717, 1.165) is 5.56 Å². The normalized spacial score (nSPS) is 21.8. The SMILES string of the molecule is O=C(O)C1CCN(C(=O)Cc2ccccc2)CC1C(=O)O. The van der Waals surface area contributed by atoms with Crippen molar-refractivity contribution < 1.29 is 24.6 Å². The van der Waals surface area contributed by atoms with Crippen LogP contribution in [0.15, 0.2) is 30.3 Å². The van der Waals surface area contributed by atoms with Gasteiger partial charge in [0.25, 0.3) is 0 Å². The molecule has 1 aromatic rings. The molecule has 1 aliphatic rings. The third-order valence-electron chi connectivity index (χ3n) is 3.80. The molecule has 112 valence electrons. The van der Waals surface area contributed by atoms with Crippen LogP contribution in [0.4, 0.5) is 0 Å². The van der Waals surface area contributed by atoms with Gasteiger partial charge in [-0.2, -0.15) is 0 Å². The van der Waals surface area contributed by atoms with Crippen LogP contribution in [-0.2, 0) is 20.8 Å². The van der Waals surface area contributed by atoms with Crippen molar-refractivity contribution in [2.75, 3.05) is 13.1 Å². The molecular weight excluding hydrogens is 274 g/mol. The molecule has 0 aliphatic carbocycles. The highest BCUT2D eigenvalue weighted by Crippen LogP contribution is 2.25. The number of amides is 1. The summed E-state index contributed by atoms with van der Waals surface area (Å²) in [5, 5.41) is 18.2. The number of carboxylic acid groups (broad SMARTS) is 2. The first-order valence-electron chi connectivity index (χ1n) is 6.76. The van der Waals surface area contributed by atoms with Crippen molar-refractivity contribution in [2.45, 2.75) is 12.8 Å². The van der Waals surface area contributed by atoms with E-state index in [4.69, 9.17) is 10.2 Å². The molecule has 1 fully saturated rings. The summed E-state index contributed by atoms with van der Waals surface area (Å²) in [6.45, 7) is 0.240. The first-order chi connectivity index (χ1) is 9.99. The van der Waals surface area contributed by atoms with E-state index < -0.39 is 23.8 Å². The van der Waals surface area contributed by atoms with Crippen LogP contribution in [0.2, 0.25) is 0 Å². The highest BCUT2D eigenvalue weighted by atomic mass is 16.4. The molecule has 0 aromatic heterocycles. The van der Waals surface area contributed by atoms with Crippen LogP contribution in [0.3, 0.4) is 0 Å².